The summed E-state index contributed by atoms with van der Waals surface area (Å²) >= 11 is 0. The number of benzene rings is 1. The number of hydrogen-bond acceptors (Lipinski definition) is 2. The maximum atomic E-state index is 12.3. The number of ether oxygens (including phenoxy) is 1. The second-order valence-electron chi connectivity index (χ2n) is 4.47. The van der Waals surface area contributed by atoms with Crippen molar-refractivity contribution in [1.29, 1.82) is 0 Å². The van der Waals surface area contributed by atoms with Gasteiger partial charge in [0, 0.05) is 12.1 Å². The summed E-state index contributed by atoms with van der Waals surface area (Å²) in [7, 11) is 0. The Morgan fingerprint density at radius 3 is 2.59 bits per heavy atom. The number of para-hydroxylation sites is 1. The van der Waals surface area contributed by atoms with Gasteiger partial charge in [-0.05, 0) is 24.9 Å². The largest absolute Gasteiger partial charge is 0.434 e. The summed E-state index contributed by atoms with van der Waals surface area (Å²) in [5.41, 5.74) is 1.50. The third kappa shape index (κ3) is 4.69. The molecule has 0 saturated carbocycles. The summed E-state index contributed by atoms with van der Waals surface area (Å²) < 4.78 is 29.1. The highest BCUT2D eigenvalue weighted by Crippen LogP contribution is 2.25. The van der Waals surface area contributed by atoms with Gasteiger partial charge in [0.2, 0.25) is 0 Å². The minimum absolute atomic E-state index is 0.291. The molecule has 0 spiro atoms. The Morgan fingerprint density at radius 1 is 1.29 bits per heavy atom. The van der Waals surface area contributed by atoms with Crippen molar-refractivity contribution in [3.8, 4) is 5.75 Å². The fourth-order valence-corrected chi connectivity index (χ4v) is 1.61. The maximum absolute atomic E-state index is 12.3. The van der Waals surface area contributed by atoms with E-state index < -0.39 is 6.61 Å². The molecule has 0 fully saturated rings. The summed E-state index contributed by atoms with van der Waals surface area (Å²) in [5, 5.41) is 3.22. The molecule has 1 aromatic carbocycles. The molecule has 17 heavy (non-hydrogen) atoms. The van der Waals surface area contributed by atoms with Gasteiger partial charge in [0.25, 0.3) is 0 Å². The molecule has 0 aromatic heterocycles. The third-order valence-electron chi connectivity index (χ3n) is 2.37. The van der Waals surface area contributed by atoms with Gasteiger partial charge in [0.05, 0.1) is 0 Å². The molecule has 0 atom stereocenters. The van der Waals surface area contributed by atoms with Gasteiger partial charge in [-0.1, -0.05) is 32.0 Å². The van der Waals surface area contributed by atoms with Crippen LogP contribution >= 0.6 is 0 Å². The van der Waals surface area contributed by atoms with E-state index in [1.165, 1.54) is 0 Å². The molecule has 1 rings (SSSR count). The standard InChI is InChI=1S/C13H19F2NO/c1-9(2)7-16-8-11-6-4-5-10(3)12(11)17-13(14)15/h4-6,9,13,16H,7-8H2,1-3H3. The number of hydrogen-bond donors (Lipinski definition) is 1. The molecule has 96 valence electrons. The smallest absolute Gasteiger partial charge is 0.387 e. The summed E-state index contributed by atoms with van der Waals surface area (Å²) in [4.78, 5) is 0. The second kappa shape index (κ2) is 6.55. The first-order valence-electron chi connectivity index (χ1n) is 5.74. The van der Waals surface area contributed by atoms with Crippen LogP contribution in [0.2, 0.25) is 0 Å². The first kappa shape index (κ1) is 13.9. The van der Waals surface area contributed by atoms with Crippen LogP contribution in [-0.2, 0) is 6.54 Å². The van der Waals surface area contributed by atoms with Crippen molar-refractivity contribution in [1.82, 2.24) is 5.32 Å². The zero-order chi connectivity index (χ0) is 12.8. The van der Waals surface area contributed by atoms with Crippen LogP contribution in [0.3, 0.4) is 0 Å². The van der Waals surface area contributed by atoms with Crippen LogP contribution in [0.4, 0.5) is 8.78 Å². The molecule has 1 aromatic rings. The van der Waals surface area contributed by atoms with E-state index in [-0.39, 0.29) is 0 Å². The lowest BCUT2D eigenvalue weighted by molar-refractivity contribution is -0.0509. The molecule has 0 amide bonds. The number of halogens is 2. The fraction of sp³-hybridized carbons (Fsp3) is 0.538. The summed E-state index contributed by atoms with van der Waals surface area (Å²) in [5.74, 6) is 0.818. The average Bonchev–Trinajstić information content (AvgIpc) is 2.22. The number of nitrogens with one attached hydrogen (secondary N) is 1. The molecule has 2 nitrogen and oxygen atoms in total. The molecule has 0 aliphatic heterocycles. The molecule has 0 radical (unpaired) electrons. The van der Waals surface area contributed by atoms with E-state index in [9.17, 15) is 8.78 Å². The molecular formula is C13H19F2NO. The van der Waals surface area contributed by atoms with Gasteiger partial charge in [-0.3, -0.25) is 0 Å². The molecule has 0 heterocycles. The maximum Gasteiger partial charge on any atom is 0.387 e. The Morgan fingerprint density at radius 2 is 2.00 bits per heavy atom. The van der Waals surface area contributed by atoms with Crippen molar-refractivity contribution in [3.05, 3.63) is 29.3 Å². The highest BCUT2D eigenvalue weighted by molar-refractivity contribution is 5.40. The number of alkyl halides is 2. The highest BCUT2D eigenvalue weighted by atomic mass is 19.3. The van der Waals surface area contributed by atoms with Crippen LogP contribution in [0.1, 0.15) is 25.0 Å². The summed E-state index contributed by atoms with van der Waals surface area (Å²) in [6.07, 6.45) is 0. The number of aryl methyl sites for hydroxylation is 1. The van der Waals surface area contributed by atoms with Crippen LogP contribution in [0.15, 0.2) is 18.2 Å². The topological polar surface area (TPSA) is 21.3 Å². The molecule has 0 unspecified atom stereocenters. The monoisotopic (exact) mass is 243 g/mol. The number of rotatable bonds is 6. The Bertz CT molecular complexity index is 353. The molecule has 0 saturated heterocycles. The third-order valence-corrected chi connectivity index (χ3v) is 2.37. The minimum atomic E-state index is -2.78. The minimum Gasteiger partial charge on any atom is -0.434 e. The Labute approximate surface area is 101 Å². The molecule has 0 bridgehead atoms. The Kier molecular flexibility index (Phi) is 5.35. The summed E-state index contributed by atoms with van der Waals surface area (Å²) in [6.45, 7) is 4.58. The van der Waals surface area contributed by atoms with E-state index >= 15 is 0 Å². The first-order chi connectivity index (χ1) is 8.00. The van der Waals surface area contributed by atoms with E-state index in [2.05, 4.69) is 23.9 Å². The van der Waals surface area contributed by atoms with Crippen LogP contribution in [0, 0.1) is 12.8 Å². The molecule has 4 heteroatoms. The zero-order valence-corrected chi connectivity index (χ0v) is 10.5. The van der Waals surface area contributed by atoms with Crippen LogP contribution in [0.5, 0.6) is 5.75 Å². The van der Waals surface area contributed by atoms with Crippen LogP contribution < -0.4 is 10.1 Å². The van der Waals surface area contributed by atoms with E-state index in [4.69, 9.17) is 0 Å². The average molecular weight is 243 g/mol. The van der Waals surface area contributed by atoms with Crippen molar-refractivity contribution < 1.29 is 13.5 Å². The lowest BCUT2D eigenvalue weighted by Crippen LogP contribution is -2.20. The van der Waals surface area contributed by atoms with Gasteiger partial charge in [-0.2, -0.15) is 8.78 Å². The second-order valence-corrected chi connectivity index (χ2v) is 4.47. The van der Waals surface area contributed by atoms with E-state index in [1.807, 2.05) is 6.07 Å². The van der Waals surface area contributed by atoms with E-state index in [1.54, 1.807) is 19.1 Å². The van der Waals surface area contributed by atoms with Crippen molar-refractivity contribution in [2.24, 2.45) is 5.92 Å². The molecule has 1 N–H and O–H groups in total. The molecule has 0 aliphatic carbocycles. The van der Waals surface area contributed by atoms with E-state index in [0.717, 1.165) is 17.7 Å². The van der Waals surface area contributed by atoms with Gasteiger partial charge in [-0.15, -0.1) is 0 Å². The van der Waals surface area contributed by atoms with E-state index in [0.29, 0.717) is 18.2 Å². The van der Waals surface area contributed by atoms with Gasteiger partial charge in [0.15, 0.2) is 0 Å². The highest BCUT2D eigenvalue weighted by Gasteiger charge is 2.11. The van der Waals surface area contributed by atoms with Gasteiger partial charge in [0.1, 0.15) is 5.75 Å². The quantitative estimate of drug-likeness (QED) is 0.827. The lowest BCUT2D eigenvalue weighted by Gasteiger charge is -2.14. The van der Waals surface area contributed by atoms with Crippen LogP contribution in [0.25, 0.3) is 0 Å². The zero-order valence-electron chi connectivity index (χ0n) is 10.5. The Hall–Kier alpha value is -1.16. The van der Waals surface area contributed by atoms with Crippen molar-refractivity contribution in [2.45, 2.75) is 33.9 Å². The first-order valence-corrected chi connectivity index (χ1v) is 5.74. The fourth-order valence-electron chi connectivity index (χ4n) is 1.61. The molecular weight excluding hydrogens is 224 g/mol. The SMILES string of the molecule is Cc1cccc(CNCC(C)C)c1OC(F)F. The molecule has 0 aliphatic rings. The predicted molar refractivity (Wildman–Crippen MR) is 64.4 cm³/mol. The van der Waals surface area contributed by atoms with Crippen molar-refractivity contribution in [2.75, 3.05) is 6.54 Å². The van der Waals surface area contributed by atoms with Crippen molar-refractivity contribution >= 4 is 0 Å². The van der Waals surface area contributed by atoms with Gasteiger partial charge in [-0.25, -0.2) is 0 Å². The predicted octanol–water partition coefficient (Wildman–Crippen LogP) is 3.34. The van der Waals surface area contributed by atoms with Crippen LogP contribution in [-0.4, -0.2) is 13.2 Å². The van der Waals surface area contributed by atoms with Crippen molar-refractivity contribution in [3.63, 3.8) is 0 Å². The Balaban J connectivity index is 2.72. The normalized spacial score (nSPS) is 11.2. The summed E-state index contributed by atoms with van der Waals surface area (Å²) in [6, 6.07) is 5.42. The van der Waals surface area contributed by atoms with Gasteiger partial charge < -0.3 is 10.1 Å². The van der Waals surface area contributed by atoms with Gasteiger partial charge >= 0.3 is 6.61 Å². The lowest BCUT2D eigenvalue weighted by atomic mass is 10.1.